The third-order valence-electron chi connectivity index (χ3n) is 27.6. The summed E-state index contributed by atoms with van der Waals surface area (Å²) in [6.07, 6.45) is 24.7. The predicted octanol–water partition coefficient (Wildman–Crippen LogP) is 17.4. The number of ether oxygens (including phenoxy) is 6. The summed E-state index contributed by atoms with van der Waals surface area (Å²) in [7, 11) is 0. The summed E-state index contributed by atoms with van der Waals surface area (Å²) in [5.74, 6) is -2.28. The Bertz CT molecular complexity index is 4960. The molecule has 15 rings (SSSR count). The zero-order chi connectivity index (χ0) is 96.3. The van der Waals surface area contributed by atoms with Crippen molar-refractivity contribution >= 4 is 87.6 Å². The van der Waals surface area contributed by atoms with E-state index >= 15 is 0 Å². The third kappa shape index (κ3) is 29.6. The molecule has 6 aliphatic heterocycles. The number of phenolic OH excluding ortho intramolecular Hbond substituents is 3. The second kappa shape index (κ2) is 51.5. The minimum absolute atomic E-state index is 0. The Morgan fingerprint density at radius 1 is 0.393 bits per heavy atom. The van der Waals surface area contributed by atoms with Crippen LogP contribution in [0.5, 0.6) is 34.9 Å². The van der Waals surface area contributed by atoms with E-state index < -0.39 is 96.8 Å². The summed E-state index contributed by atoms with van der Waals surface area (Å²) in [6, 6.07) is 12.3. The number of carbonyl (C=O) groups is 6. The topological polar surface area (TPSA) is 357 Å². The number of amides is 3. The molecule has 6 bridgehead atoms. The SMILES string of the molecule is CC[C@@H]1[C@@H]2CN(C(=O)[C@H](C(C)(C)C)CC(=O)O[C@@H]3CCC[C@H]3CCCCCc3nc4ccc(O)cc4nc3O2)[C@@H]1[C-]=O.CC[C@@H]1[C@@H]2CN(C(=O)[C@H](C(C)(C)C)CC(=O)O[C@@H]3C[C@H]3CCCCCc3nc4ccc(O)cc4nc3O2)[C@@H]1[C-]=O.CC[C@@H]1[C@@H]2CN(C(=O)[C@H](C(C)(C)C)CC(=O)O[C@]3(C)C[C@H]3CCCCCc3nc4ccc(O)cc4nc3O2)[C@@H]1[C-]=O.FCF.FCF.FCF.[V].[V].[V]. The van der Waals surface area contributed by atoms with Crippen LogP contribution in [-0.2, 0) is 132 Å². The number of carbonyl (C=O) groups excluding carboxylic acids is 9. The van der Waals surface area contributed by atoms with Crippen LogP contribution in [0.3, 0.4) is 0 Å². The van der Waals surface area contributed by atoms with Gasteiger partial charge in [0.25, 0.3) is 0 Å². The molecule has 6 aromatic rings. The summed E-state index contributed by atoms with van der Waals surface area (Å²) in [4.78, 5) is 152. The first kappa shape index (κ1) is 114. The molecule has 27 nitrogen and oxygen atoms in total. The van der Waals surface area contributed by atoms with Crippen LogP contribution in [0.1, 0.15) is 255 Å². The zero-order valence-electron chi connectivity index (χ0n) is 79.7. The number of esters is 3. The van der Waals surface area contributed by atoms with Gasteiger partial charge in [-0.15, -0.1) is 0 Å². The first-order chi connectivity index (χ1) is 62.8. The van der Waals surface area contributed by atoms with Crippen molar-refractivity contribution in [2.75, 3.05) is 40.4 Å². The van der Waals surface area contributed by atoms with Crippen LogP contribution in [0, 0.1) is 69.5 Å². The van der Waals surface area contributed by atoms with E-state index in [-0.39, 0.29) is 177 Å². The van der Waals surface area contributed by atoms with Gasteiger partial charge in [-0.2, -0.15) is 0 Å². The van der Waals surface area contributed by atoms with E-state index in [0.29, 0.717) is 107 Å². The predicted molar refractivity (Wildman–Crippen MR) is 480 cm³/mol. The van der Waals surface area contributed by atoms with Crippen molar-refractivity contribution < 1.29 is 169 Å². The summed E-state index contributed by atoms with van der Waals surface area (Å²) in [5, 5.41) is 30.1. The van der Waals surface area contributed by atoms with E-state index in [4.69, 9.17) is 58.3 Å². The van der Waals surface area contributed by atoms with E-state index in [0.717, 1.165) is 126 Å². The van der Waals surface area contributed by atoms with Crippen molar-refractivity contribution in [3.63, 3.8) is 0 Å². The quantitative estimate of drug-likeness (QED) is 0.0603. The number of aromatic nitrogens is 6. The van der Waals surface area contributed by atoms with Gasteiger partial charge in [-0.3, -0.25) is 28.8 Å². The number of fused-ring (bicyclic) bond motifs is 15. The Morgan fingerprint density at radius 2 is 0.704 bits per heavy atom. The number of aryl methyl sites for hydroxylation is 3. The molecule has 6 fully saturated rings. The van der Waals surface area contributed by atoms with Gasteiger partial charge in [0.15, 0.2) is 0 Å². The van der Waals surface area contributed by atoms with Crippen molar-refractivity contribution in [1.29, 1.82) is 0 Å². The smallest absolute Gasteiger partial charge is 0.307 e. The Balaban J connectivity index is 0.000000261. The van der Waals surface area contributed by atoms with Crippen molar-refractivity contribution in [2.45, 2.75) is 311 Å². The third-order valence-corrected chi connectivity index (χ3v) is 27.6. The largest absolute Gasteiger partial charge is 0.540 e. The van der Waals surface area contributed by atoms with E-state index in [2.05, 4.69) is 18.9 Å². The Hall–Kier alpha value is -8.36. The zero-order valence-corrected chi connectivity index (χ0v) is 83.9. The van der Waals surface area contributed by atoms with Gasteiger partial charge < -0.3 is 72.8 Å². The molecule has 3 saturated heterocycles. The number of phenols is 3. The van der Waals surface area contributed by atoms with Gasteiger partial charge in [0.1, 0.15) is 70.5 Å². The van der Waals surface area contributed by atoms with Crippen molar-refractivity contribution in [3.8, 4) is 34.9 Å². The van der Waals surface area contributed by atoms with Gasteiger partial charge in [-0.25, -0.2) is 75.1 Å². The molecule has 9 aliphatic rings. The van der Waals surface area contributed by atoms with Crippen molar-refractivity contribution in [3.05, 3.63) is 71.7 Å². The van der Waals surface area contributed by atoms with Gasteiger partial charge in [-0.1, -0.05) is 159 Å². The molecular formula is C99H132F6N9O18V3-3. The molecule has 0 spiro atoms. The molecule has 9 heterocycles. The number of hydrogen-bond donors (Lipinski definition) is 3. The Morgan fingerprint density at radius 3 is 1.03 bits per heavy atom. The van der Waals surface area contributed by atoms with Crippen molar-refractivity contribution in [1.82, 2.24) is 44.6 Å². The van der Waals surface area contributed by atoms with E-state index in [1.807, 2.05) is 90.0 Å². The van der Waals surface area contributed by atoms with Crippen LogP contribution in [0.15, 0.2) is 54.6 Å². The summed E-state index contributed by atoms with van der Waals surface area (Å²) in [6.45, 7) is 20.6. The molecule has 0 unspecified atom stereocenters. The number of aromatic hydroxyl groups is 3. The summed E-state index contributed by atoms with van der Waals surface area (Å²) in [5.41, 5.74) is 3.72. The molecule has 18 atom stereocenters. The van der Waals surface area contributed by atoms with Crippen LogP contribution in [0.2, 0.25) is 0 Å². The average molecular weight is 2000 g/mol. The molecule has 3 amide bonds. The molecule has 36 heteroatoms. The monoisotopic (exact) mass is 2000 g/mol. The maximum absolute atomic E-state index is 14.1. The van der Waals surface area contributed by atoms with E-state index in [1.54, 1.807) is 64.4 Å². The maximum atomic E-state index is 14.1. The van der Waals surface area contributed by atoms with Crippen LogP contribution in [-0.4, -0.2) is 209 Å². The molecule has 3 aromatic carbocycles. The van der Waals surface area contributed by atoms with Gasteiger partial charge in [0.2, 0.25) is 56.1 Å². The average Bonchev–Trinajstić information content (AvgIpc) is 1.63. The first-order valence-corrected chi connectivity index (χ1v) is 46.9. The van der Waals surface area contributed by atoms with Crippen molar-refractivity contribution in [2.24, 2.45) is 69.5 Å². The minimum Gasteiger partial charge on any atom is -0.540 e. The fourth-order valence-corrected chi connectivity index (χ4v) is 19.8. The standard InChI is InChI=1S/C33H44N3O6.C32H42N3O6.C31H40N3O6.3CH2F2.3V/c1-5-22-27(19-37)36-18-29(22)42-31-25(34-24-15-14-21(38)16-26(24)35-31)12-8-6-7-10-20-11-9-13-28(20)41-30(39)17-23(32(36)40)33(2,3)4;1-6-21-26(18-36)35-17-27(21)40-29-24(33-23-13-12-20(37)14-25(23)34-29)11-9-7-8-10-19-16-32(19,5)41-28(38)15-22(30(35)39)31(2,3)4;1-5-20-25(17-35)34-16-27(20)40-29-23(32-22-12-11-19(36)14-24(22)33-29)10-8-6-7-9-18-13-26(18)39-28(37)15-21(30(34)38)31(2,3)4;3*2-1-3;;;/h14-16,20,22-23,27-29,38H,5-13,17-18H2,1-4H3;12-14,19,21-22,26-27,37H,6-11,15-17H2,1-5H3;11-12,14,18,20-21,25-27,36H,5-10,13,15-16H2,1-4H3;3*1H2;;;/q3*-1;;;;;;/t20-,22+,23-,27-,28-,29+;19-,21+,22-,26-,27+,32-;18-,20+,21-,25-,26-,27+;;;;;;/m111....../s1. The van der Waals surface area contributed by atoms with Gasteiger partial charge in [0.05, 0.1) is 89.8 Å². The second-order valence-electron chi connectivity index (χ2n) is 39.7. The Labute approximate surface area is 823 Å². The fourth-order valence-electron chi connectivity index (χ4n) is 19.8. The fraction of sp³-hybridized carbons (Fsp3) is 0.667. The molecule has 3 aliphatic carbocycles. The van der Waals surface area contributed by atoms with Gasteiger partial charge >= 0.3 is 17.9 Å². The molecule has 3 N–H and O–H groups in total. The van der Waals surface area contributed by atoms with Crippen LogP contribution >= 0.6 is 0 Å². The van der Waals surface area contributed by atoms with Gasteiger partial charge in [-0.05, 0) is 179 Å². The second-order valence-corrected chi connectivity index (χ2v) is 39.7. The normalized spacial score (nSPS) is 28.0. The van der Waals surface area contributed by atoms with E-state index in [1.165, 1.54) is 4.90 Å². The molecule has 3 radical (unpaired) electrons. The summed E-state index contributed by atoms with van der Waals surface area (Å²) < 4.78 is 95.1. The van der Waals surface area contributed by atoms with E-state index in [9.17, 15) is 84.8 Å². The number of rotatable bonds is 6. The molecule has 3 saturated carbocycles. The Kier molecular flexibility index (Phi) is 43.4. The molecule has 3 aromatic heterocycles. The first-order valence-electron chi connectivity index (χ1n) is 46.9. The molecule has 741 valence electrons. The summed E-state index contributed by atoms with van der Waals surface area (Å²) >= 11 is 0. The minimum atomic E-state index is -1.75. The number of benzene rings is 3. The number of hydrogen-bond acceptors (Lipinski definition) is 24. The number of halogens is 6. The number of alkyl halides is 6. The molecule has 135 heavy (non-hydrogen) atoms. The molecular weight excluding hydrogens is 1870 g/mol. The number of nitrogens with zero attached hydrogens (tertiary/aromatic N) is 9. The van der Waals surface area contributed by atoms with Crippen LogP contribution in [0.25, 0.3) is 33.1 Å². The van der Waals surface area contributed by atoms with Crippen LogP contribution in [0.4, 0.5) is 26.3 Å². The maximum Gasteiger partial charge on any atom is 0.307 e. The van der Waals surface area contributed by atoms with Crippen LogP contribution < -0.4 is 14.2 Å². The van der Waals surface area contributed by atoms with Gasteiger partial charge in [0, 0.05) is 79.8 Å².